The van der Waals surface area contributed by atoms with Gasteiger partial charge < -0.3 is 5.11 Å². The second kappa shape index (κ2) is 3.88. The van der Waals surface area contributed by atoms with Crippen molar-refractivity contribution in [3.05, 3.63) is 33.2 Å². The van der Waals surface area contributed by atoms with Crippen LogP contribution >= 0.6 is 11.3 Å². The van der Waals surface area contributed by atoms with Crippen molar-refractivity contribution in [3.8, 4) is 0 Å². The minimum Gasteiger partial charge on any atom is -0.388 e. The van der Waals surface area contributed by atoms with E-state index in [-0.39, 0.29) is 5.56 Å². The molecule has 0 aromatic carbocycles. The van der Waals surface area contributed by atoms with E-state index in [1.54, 1.807) is 10.5 Å². The average Bonchev–Trinajstić information content (AvgIpc) is 2.58. The van der Waals surface area contributed by atoms with Crippen molar-refractivity contribution >= 4 is 16.3 Å². The summed E-state index contributed by atoms with van der Waals surface area (Å²) in [6, 6.07) is 1.58. The fourth-order valence-corrected chi connectivity index (χ4v) is 3.33. The summed E-state index contributed by atoms with van der Waals surface area (Å²) >= 11 is 1.48. The van der Waals surface area contributed by atoms with Crippen molar-refractivity contribution in [1.29, 1.82) is 0 Å². The fraction of sp³-hybridized carbons (Fsp3) is 0.500. The van der Waals surface area contributed by atoms with E-state index in [0.29, 0.717) is 19.6 Å². The molecule has 6 heteroatoms. The molecule has 96 valence electrons. The number of fused-ring (bicyclic) bond motifs is 1. The highest BCUT2D eigenvalue weighted by molar-refractivity contribution is 7.15. The molecule has 0 saturated carbocycles. The standard InChI is InChI=1S/C12H15N3O2S/c1-8-5-18-11-13-9(3-10(16)15(8)11)4-14-6-12(2,17)7-14/h3,5,17H,4,6-7H2,1-2H3. The smallest absolute Gasteiger partial charge is 0.259 e. The Labute approximate surface area is 108 Å². The van der Waals surface area contributed by atoms with Gasteiger partial charge in [-0.05, 0) is 13.8 Å². The third-order valence-electron chi connectivity index (χ3n) is 3.14. The maximum Gasteiger partial charge on any atom is 0.259 e. The van der Waals surface area contributed by atoms with Crippen molar-refractivity contribution < 1.29 is 5.11 Å². The third-order valence-corrected chi connectivity index (χ3v) is 4.09. The lowest BCUT2D eigenvalue weighted by Crippen LogP contribution is -2.59. The van der Waals surface area contributed by atoms with Crippen LogP contribution < -0.4 is 5.56 Å². The van der Waals surface area contributed by atoms with Crippen molar-refractivity contribution in [2.45, 2.75) is 26.0 Å². The molecule has 0 unspecified atom stereocenters. The minimum absolute atomic E-state index is 0.0268. The second-order valence-electron chi connectivity index (χ2n) is 5.22. The van der Waals surface area contributed by atoms with Crippen LogP contribution in [-0.2, 0) is 6.54 Å². The van der Waals surface area contributed by atoms with Gasteiger partial charge in [-0.2, -0.15) is 0 Å². The highest BCUT2D eigenvalue weighted by atomic mass is 32.1. The van der Waals surface area contributed by atoms with Crippen LogP contribution in [-0.4, -0.2) is 38.1 Å². The van der Waals surface area contributed by atoms with Gasteiger partial charge in [0.25, 0.3) is 5.56 Å². The molecule has 0 bridgehead atoms. The summed E-state index contributed by atoms with van der Waals surface area (Å²) in [6.07, 6.45) is 0. The van der Waals surface area contributed by atoms with E-state index in [1.165, 1.54) is 11.3 Å². The first kappa shape index (κ1) is 11.8. The lowest BCUT2D eigenvalue weighted by Gasteiger charge is -2.43. The number of β-amino-alcohol motifs (C(OH)–C–C–N with tert-alkyl or cyclic N) is 1. The summed E-state index contributed by atoms with van der Waals surface area (Å²) in [5.74, 6) is 0. The number of aryl methyl sites for hydroxylation is 1. The Kier molecular flexibility index (Phi) is 2.55. The Morgan fingerprint density at radius 2 is 2.28 bits per heavy atom. The van der Waals surface area contributed by atoms with Crippen molar-refractivity contribution in [2.75, 3.05) is 13.1 Å². The zero-order valence-electron chi connectivity index (χ0n) is 10.4. The van der Waals surface area contributed by atoms with Crippen LogP contribution in [0.1, 0.15) is 18.3 Å². The van der Waals surface area contributed by atoms with Crippen molar-refractivity contribution in [3.63, 3.8) is 0 Å². The molecule has 1 N–H and O–H groups in total. The lowest BCUT2D eigenvalue weighted by molar-refractivity contribution is -0.0875. The van der Waals surface area contributed by atoms with Gasteiger partial charge in [-0.1, -0.05) is 0 Å². The van der Waals surface area contributed by atoms with Crippen molar-refractivity contribution in [2.24, 2.45) is 0 Å². The summed E-state index contributed by atoms with van der Waals surface area (Å²) < 4.78 is 1.63. The van der Waals surface area contributed by atoms with E-state index in [0.717, 1.165) is 16.3 Å². The van der Waals surface area contributed by atoms with Gasteiger partial charge in [-0.3, -0.25) is 14.1 Å². The summed E-state index contributed by atoms with van der Waals surface area (Å²) in [5.41, 5.74) is 1.09. The van der Waals surface area contributed by atoms with Gasteiger partial charge in [0.15, 0.2) is 4.96 Å². The first-order chi connectivity index (χ1) is 8.44. The van der Waals surface area contributed by atoms with E-state index in [4.69, 9.17) is 0 Å². The topological polar surface area (TPSA) is 57.8 Å². The number of hydrogen-bond donors (Lipinski definition) is 1. The van der Waals surface area contributed by atoms with Crippen LogP contribution in [0.5, 0.6) is 0 Å². The normalized spacial score (nSPS) is 19.1. The molecule has 2 aromatic heterocycles. The van der Waals surface area contributed by atoms with Crippen LogP contribution in [0.3, 0.4) is 0 Å². The van der Waals surface area contributed by atoms with Gasteiger partial charge in [0.2, 0.25) is 0 Å². The maximum absolute atomic E-state index is 12.0. The Morgan fingerprint density at radius 3 is 2.94 bits per heavy atom. The van der Waals surface area contributed by atoms with Gasteiger partial charge in [0, 0.05) is 36.8 Å². The van der Waals surface area contributed by atoms with Crippen LogP contribution in [0, 0.1) is 6.92 Å². The Bertz CT molecular complexity index is 651. The van der Waals surface area contributed by atoms with Crippen LogP contribution in [0.2, 0.25) is 0 Å². The fourth-order valence-electron chi connectivity index (χ4n) is 2.44. The van der Waals surface area contributed by atoms with Crippen LogP contribution in [0.4, 0.5) is 0 Å². The SMILES string of the molecule is Cc1csc2nc(CN3CC(C)(O)C3)cc(=O)n12. The highest BCUT2D eigenvalue weighted by Gasteiger charge is 2.36. The predicted octanol–water partition coefficient (Wildman–Crippen LogP) is 0.631. The van der Waals surface area contributed by atoms with Gasteiger partial charge >= 0.3 is 0 Å². The molecule has 0 atom stereocenters. The van der Waals surface area contributed by atoms with E-state index in [9.17, 15) is 9.90 Å². The van der Waals surface area contributed by atoms with E-state index < -0.39 is 5.60 Å². The third kappa shape index (κ3) is 1.96. The molecular formula is C12H15N3O2S. The molecule has 1 fully saturated rings. The molecule has 0 amide bonds. The largest absolute Gasteiger partial charge is 0.388 e. The molecule has 1 saturated heterocycles. The number of rotatable bonds is 2. The summed E-state index contributed by atoms with van der Waals surface area (Å²) in [7, 11) is 0. The number of nitrogens with zero attached hydrogens (tertiary/aromatic N) is 3. The molecule has 0 aliphatic carbocycles. The number of likely N-dealkylation sites (tertiary alicyclic amines) is 1. The summed E-state index contributed by atoms with van der Waals surface area (Å²) in [5, 5.41) is 11.6. The maximum atomic E-state index is 12.0. The number of aliphatic hydroxyl groups is 1. The first-order valence-electron chi connectivity index (χ1n) is 5.86. The zero-order valence-corrected chi connectivity index (χ0v) is 11.2. The molecule has 18 heavy (non-hydrogen) atoms. The van der Waals surface area contributed by atoms with Gasteiger partial charge in [0.1, 0.15) is 0 Å². The molecule has 3 heterocycles. The highest BCUT2D eigenvalue weighted by Crippen LogP contribution is 2.21. The van der Waals surface area contributed by atoms with Gasteiger partial charge in [-0.15, -0.1) is 11.3 Å². The molecular weight excluding hydrogens is 250 g/mol. The number of aromatic nitrogens is 2. The summed E-state index contributed by atoms with van der Waals surface area (Å²) in [4.78, 5) is 19.3. The average molecular weight is 265 g/mol. The first-order valence-corrected chi connectivity index (χ1v) is 6.74. The second-order valence-corrected chi connectivity index (χ2v) is 6.06. The zero-order chi connectivity index (χ0) is 12.9. The quantitative estimate of drug-likeness (QED) is 0.865. The Morgan fingerprint density at radius 1 is 1.56 bits per heavy atom. The van der Waals surface area contributed by atoms with E-state index in [2.05, 4.69) is 9.88 Å². The van der Waals surface area contributed by atoms with Crippen LogP contribution in [0.25, 0.3) is 4.96 Å². The van der Waals surface area contributed by atoms with E-state index >= 15 is 0 Å². The van der Waals surface area contributed by atoms with Gasteiger partial charge in [0.05, 0.1) is 11.3 Å². The Balaban J connectivity index is 1.88. The molecule has 1 aliphatic rings. The monoisotopic (exact) mass is 265 g/mol. The molecule has 3 rings (SSSR count). The number of thiazole rings is 1. The molecule has 2 aromatic rings. The van der Waals surface area contributed by atoms with E-state index in [1.807, 2.05) is 19.2 Å². The molecule has 0 radical (unpaired) electrons. The number of hydrogen-bond acceptors (Lipinski definition) is 5. The molecule has 1 aliphatic heterocycles. The Hall–Kier alpha value is -1.24. The molecule has 5 nitrogen and oxygen atoms in total. The lowest BCUT2D eigenvalue weighted by atomic mass is 9.97. The summed E-state index contributed by atoms with van der Waals surface area (Å²) in [6.45, 7) is 5.62. The van der Waals surface area contributed by atoms with Crippen molar-refractivity contribution in [1.82, 2.24) is 14.3 Å². The van der Waals surface area contributed by atoms with Crippen LogP contribution in [0.15, 0.2) is 16.2 Å². The molecule has 0 spiro atoms. The minimum atomic E-state index is -0.585. The van der Waals surface area contributed by atoms with Gasteiger partial charge in [-0.25, -0.2) is 4.98 Å². The predicted molar refractivity (Wildman–Crippen MR) is 70.0 cm³/mol.